The predicted octanol–water partition coefficient (Wildman–Crippen LogP) is 3.62. The molecule has 2 saturated heterocycles. The molecule has 0 bridgehead atoms. The summed E-state index contributed by atoms with van der Waals surface area (Å²) in [6.07, 6.45) is 5.55. The third-order valence-electron chi connectivity index (χ3n) is 6.34. The molecule has 1 aromatic rings. The van der Waals surface area contributed by atoms with Gasteiger partial charge in [-0.3, -0.25) is 4.79 Å². The molecule has 1 aromatic carbocycles. The first-order chi connectivity index (χ1) is 13.7. The Morgan fingerprint density at radius 1 is 1.34 bits per heavy atom. The van der Waals surface area contributed by atoms with Gasteiger partial charge < -0.3 is 20.3 Å². The van der Waals surface area contributed by atoms with Crippen molar-refractivity contribution >= 4 is 41.5 Å². The van der Waals surface area contributed by atoms with E-state index in [4.69, 9.17) is 9.73 Å². The van der Waals surface area contributed by atoms with E-state index in [2.05, 4.69) is 28.5 Å². The average molecular weight is 512 g/mol. The predicted molar refractivity (Wildman–Crippen MR) is 127 cm³/mol. The van der Waals surface area contributed by atoms with Crippen LogP contribution in [0.1, 0.15) is 44.6 Å². The van der Waals surface area contributed by atoms with Crippen LogP contribution in [0.4, 0.5) is 5.69 Å². The van der Waals surface area contributed by atoms with E-state index >= 15 is 0 Å². The number of likely N-dealkylation sites (tertiary alicyclic amines) is 1. The van der Waals surface area contributed by atoms with Gasteiger partial charge in [-0.05, 0) is 50.3 Å². The molecule has 1 unspecified atom stereocenters. The average Bonchev–Trinajstić information content (AvgIpc) is 3.27. The van der Waals surface area contributed by atoms with Crippen LogP contribution in [0.5, 0.6) is 0 Å². The number of halogens is 1. The van der Waals surface area contributed by atoms with Crippen LogP contribution in [-0.4, -0.2) is 49.6 Å². The molecule has 2 aliphatic heterocycles. The van der Waals surface area contributed by atoms with Crippen molar-refractivity contribution < 1.29 is 9.53 Å². The highest BCUT2D eigenvalue weighted by molar-refractivity contribution is 14.0. The maximum absolute atomic E-state index is 12.2. The number of amides is 1. The van der Waals surface area contributed by atoms with E-state index in [-0.39, 0.29) is 35.8 Å². The second kappa shape index (κ2) is 10.1. The van der Waals surface area contributed by atoms with Crippen LogP contribution in [-0.2, 0) is 16.1 Å². The van der Waals surface area contributed by atoms with Gasteiger partial charge in [0.25, 0.3) is 0 Å². The van der Waals surface area contributed by atoms with Crippen molar-refractivity contribution in [3.63, 3.8) is 0 Å². The van der Waals surface area contributed by atoms with E-state index in [1.807, 2.05) is 18.2 Å². The first-order valence-electron chi connectivity index (χ1n) is 10.7. The van der Waals surface area contributed by atoms with Gasteiger partial charge in [0.15, 0.2) is 5.96 Å². The first-order valence-corrected chi connectivity index (χ1v) is 10.7. The van der Waals surface area contributed by atoms with E-state index in [0.717, 1.165) is 69.3 Å². The van der Waals surface area contributed by atoms with Gasteiger partial charge in [0.1, 0.15) is 0 Å². The summed E-state index contributed by atoms with van der Waals surface area (Å²) in [5.41, 5.74) is 2.31. The number of hydrogen-bond acceptors (Lipinski definition) is 3. The summed E-state index contributed by atoms with van der Waals surface area (Å²) in [4.78, 5) is 19.4. The summed E-state index contributed by atoms with van der Waals surface area (Å²) in [7, 11) is 0. The minimum Gasteiger partial charge on any atom is -0.381 e. The molecular weight excluding hydrogens is 479 g/mol. The molecule has 1 spiro atoms. The lowest BCUT2D eigenvalue weighted by atomic mass is 9.85. The lowest BCUT2D eigenvalue weighted by Gasteiger charge is -2.25. The van der Waals surface area contributed by atoms with Gasteiger partial charge in [-0.25, -0.2) is 4.99 Å². The van der Waals surface area contributed by atoms with Crippen LogP contribution in [0.15, 0.2) is 29.3 Å². The van der Waals surface area contributed by atoms with Crippen molar-refractivity contribution in [3.05, 3.63) is 29.8 Å². The second-order valence-electron chi connectivity index (χ2n) is 8.46. The molecule has 29 heavy (non-hydrogen) atoms. The van der Waals surface area contributed by atoms with Gasteiger partial charge in [0.2, 0.25) is 5.91 Å². The zero-order valence-corrected chi connectivity index (χ0v) is 19.6. The Balaban J connectivity index is 0.00000240. The molecule has 2 heterocycles. The summed E-state index contributed by atoms with van der Waals surface area (Å²) < 4.78 is 5.65. The summed E-state index contributed by atoms with van der Waals surface area (Å²) in [6.45, 7) is 7.40. The molecule has 0 aromatic heterocycles. The van der Waals surface area contributed by atoms with Gasteiger partial charge in [0, 0.05) is 43.3 Å². The number of aliphatic imine (C=N–C) groups is 1. The molecule has 0 radical (unpaired) electrons. The standard InChI is InChI=1S/C22H32N4O2.HI/c1-2-23-21(26-11-9-22(15-26)10-12-28-16-22)24-14-17-5-3-8-19(13-17)25-20(27)18-6-4-7-18;/h3,5,8,13,18H,2,4,6-7,9-12,14-16H2,1H3,(H,23,24)(H,25,27);1H. The Morgan fingerprint density at radius 2 is 2.21 bits per heavy atom. The quantitative estimate of drug-likeness (QED) is 0.360. The van der Waals surface area contributed by atoms with Crippen molar-refractivity contribution in [2.75, 3.05) is 38.2 Å². The molecule has 6 nitrogen and oxygen atoms in total. The summed E-state index contributed by atoms with van der Waals surface area (Å²) in [6, 6.07) is 8.07. The number of anilines is 1. The molecule has 1 atom stereocenters. The van der Waals surface area contributed by atoms with E-state index in [0.29, 0.717) is 12.0 Å². The molecule has 1 saturated carbocycles. The number of guanidine groups is 1. The van der Waals surface area contributed by atoms with Gasteiger partial charge in [0.05, 0.1) is 13.2 Å². The largest absolute Gasteiger partial charge is 0.381 e. The number of carbonyl (C=O) groups is 1. The van der Waals surface area contributed by atoms with Crippen molar-refractivity contribution in [1.82, 2.24) is 10.2 Å². The number of rotatable bonds is 5. The van der Waals surface area contributed by atoms with Crippen LogP contribution >= 0.6 is 24.0 Å². The minimum absolute atomic E-state index is 0. The Labute approximate surface area is 190 Å². The molecule has 3 aliphatic rings. The number of benzene rings is 1. The SMILES string of the molecule is CCNC(=NCc1cccc(NC(=O)C2CCC2)c1)N1CCC2(CCOC2)C1.I. The summed E-state index contributed by atoms with van der Waals surface area (Å²) in [5, 5.41) is 6.50. The highest BCUT2D eigenvalue weighted by Crippen LogP contribution is 2.38. The van der Waals surface area contributed by atoms with Gasteiger partial charge in [-0.2, -0.15) is 0 Å². The normalized spacial score (nSPS) is 24.3. The van der Waals surface area contributed by atoms with Gasteiger partial charge >= 0.3 is 0 Å². The molecule has 1 amide bonds. The summed E-state index contributed by atoms with van der Waals surface area (Å²) >= 11 is 0. The second-order valence-corrected chi connectivity index (χ2v) is 8.46. The maximum Gasteiger partial charge on any atom is 0.227 e. The lowest BCUT2D eigenvalue weighted by molar-refractivity contribution is -0.122. The van der Waals surface area contributed by atoms with Gasteiger partial charge in [-0.1, -0.05) is 18.6 Å². The minimum atomic E-state index is 0. The number of nitrogens with one attached hydrogen (secondary N) is 2. The third kappa shape index (κ3) is 5.42. The Hall–Kier alpha value is -1.35. The Bertz CT molecular complexity index is 729. The highest BCUT2D eigenvalue weighted by Gasteiger charge is 2.42. The van der Waals surface area contributed by atoms with Crippen LogP contribution < -0.4 is 10.6 Å². The Kier molecular flexibility index (Phi) is 7.79. The monoisotopic (exact) mass is 512 g/mol. The maximum atomic E-state index is 12.2. The van der Waals surface area contributed by atoms with Crippen molar-refractivity contribution in [2.45, 2.75) is 45.6 Å². The first kappa shape index (κ1) is 22.3. The number of nitrogens with zero attached hydrogens (tertiary/aromatic N) is 2. The molecule has 4 rings (SSSR count). The summed E-state index contributed by atoms with van der Waals surface area (Å²) in [5.74, 6) is 1.33. The number of carbonyl (C=O) groups excluding carboxylic acids is 1. The number of ether oxygens (including phenoxy) is 1. The fraction of sp³-hybridized carbons (Fsp3) is 0.636. The molecule has 7 heteroatoms. The van der Waals surface area contributed by atoms with E-state index in [1.165, 1.54) is 12.8 Å². The van der Waals surface area contributed by atoms with Crippen LogP contribution in [0.2, 0.25) is 0 Å². The Morgan fingerprint density at radius 3 is 2.90 bits per heavy atom. The third-order valence-corrected chi connectivity index (χ3v) is 6.34. The van der Waals surface area contributed by atoms with Crippen LogP contribution in [0, 0.1) is 11.3 Å². The van der Waals surface area contributed by atoms with Crippen LogP contribution in [0.3, 0.4) is 0 Å². The molecule has 3 fully saturated rings. The fourth-order valence-corrected chi connectivity index (χ4v) is 4.34. The fourth-order valence-electron chi connectivity index (χ4n) is 4.34. The zero-order valence-electron chi connectivity index (χ0n) is 17.3. The molecule has 160 valence electrons. The lowest BCUT2D eigenvalue weighted by Crippen LogP contribution is -2.41. The van der Waals surface area contributed by atoms with Crippen molar-refractivity contribution in [1.29, 1.82) is 0 Å². The van der Waals surface area contributed by atoms with Gasteiger partial charge in [-0.15, -0.1) is 24.0 Å². The number of hydrogen-bond donors (Lipinski definition) is 2. The molecular formula is C22H33IN4O2. The van der Waals surface area contributed by atoms with Crippen molar-refractivity contribution in [3.8, 4) is 0 Å². The molecule has 2 N–H and O–H groups in total. The smallest absolute Gasteiger partial charge is 0.227 e. The van der Waals surface area contributed by atoms with Crippen molar-refractivity contribution in [2.24, 2.45) is 16.3 Å². The molecule has 1 aliphatic carbocycles. The van der Waals surface area contributed by atoms with E-state index < -0.39 is 0 Å². The van der Waals surface area contributed by atoms with E-state index in [9.17, 15) is 4.79 Å². The van der Waals surface area contributed by atoms with E-state index in [1.54, 1.807) is 0 Å². The van der Waals surface area contributed by atoms with Crippen LogP contribution in [0.25, 0.3) is 0 Å². The highest BCUT2D eigenvalue weighted by atomic mass is 127. The topological polar surface area (TPSA) is 66.0 Å². The zero-order chi connectivity index (χ0) is 19.4.